The molecule has 1 aliphatic carbocycles. The first-order chi connectivity index (χ1) is 18.5. The van der Waals surface area contributed by atoms with Crippen molar-refractivity contribution in [3.05, 3.63) is 95.3 Å². The Labute approximate surface area is 223 Å². The summed E-state index contributed by atoms with van der Waals surface area (Å²) < 4.78 is 27.0. The number of rotatable bonds is 12. The van der Waals surface area contributed by atoms with Gasteiger partial charge in [-0.05, 0) is 54.5 Å². The number of ketones is 1. The fourth-order valence-electron chi connectivity index (χ4n) is 5.01. The average Bonchev–Trinajstić information content (AvgIpc) is 2.95. The third-order valence-electron chi connectivity index (χ3n) is 7.15. The van der Waals surface area contributed by atoms with Crippen molar-refractivity contribution in [1.82, 2.24) is 5.32 Å². The van der Waals surface area contributed by atoms with Crippen molar-refractivity contribution in [3.63, 3.8) is 0 Å². The van der Waals surface area contributed by atoms with E-state index in [1.165, 1.54) is 12.5 Å². The highest BCUT2D eigenvalue weighted by Gasteiger charge is 2.32. The van der Waals surface area contributed by atoms with Crippen molar-refractivity contribution in [2.45, 2.75) is 51.7 Å². The van der Waals surface area contributed by atoms with Crippen LogP contribution >= 0.6 is 0 Å². The Morgan fingerprint density at radius 1 is 0.868 bits per heavy atom. The van der Waals surface area contributed by atoms with E-state index >= 15 is 4.39 Å². The number of carbonyl (C=O) groups excluding carboxylic acids is 2. The maximum absolute atomic E-state index is 15.3. The molecule has 38 heavy (non-hydrogen) atoms. The molecule has 0 aromatic heterocycles. The molecule has 6 nitrogen and oxygen atoms in total. The minimum absolute atomic E-state index is 0.0628. The minimum Gasteiger partial charge on any atom is -0.485 e. The second-order valence-corrected chi connectivity index (χ2v) is 9.95. The summed E-state index contributed by atoms with van der Waals surface area (Å²) in [5.74, 6) is -2.40. The summed E-state index contributed by atoms with van der Waals surface area (Å²) in [6.45, 7) is 1.18. The lowest BCUT2D eigenvalue weighted by atomic mass is 9.71. The molecule has 1 fully saturated rings. The van der Waals surface area contributed by atoms with E-state index in [1.807, 2.05) is 60.7 Å². The zero-order valence-electron chi connectivity index (χ0n) is 21.6. The van der Waals surface area contributed by atoms with Gasteiger partial charge in [-0.15, -0.1) is 0 Å². The van der Waals surface area contributed by atoms with Gasteiger partial charge in [-0.25, -0.2) is 4.39 Å². The molecule has 3 aromatic carbocycles. The Hall–Kier alpha value is -3.71. The summed E-state index contributed by atoms with van der Waals surface area (Å²) in [6.07, 6.45) is 6.07. The van der Waals surface area contributed by atoms with Crippen molar-refractivity contribution >= 4 is 11.7 Å². The van der Waals surface area contributed by atoms with Crippen LogP contribution in [0.5, 0.6) is 11.5 Å². The van der Waals surface area contributed by atoms with Gasteiger partial charge in [0.15, 0.2) is 17.3 Å². The van der Waals surface area contributed by atoms with Crippen molar-refractivity contribution < 1.29 is 23.5 Å². The Bertz CT molecular complexity index is 1210. The van der Waals surface area contributed by atoms with Crippen LogP contribution in [-0.2, 0) is 18.0 Å². The molecule has 0 aliphatic heterocycles. The van der Waals surface area contributed by atoms with Crippen LogP contribution in [0.15, 0.2) is 72.8 Å². The summed E-state index contributed by atoms with van der Waals surface area (Å²) in [5, 5.41) is 2.80. The van der Waals surface area contributed by atoms with Gasteiger partial charge in [0.1, 0.15) is 13.2 Å². The minimum atomic E-state index is -0.818. The third-order valence-corrected chi connectivity index (χ3v) is 7.15. The standard InChI is InChI=1S/C31H35FN2O4/c32-26-18-25(28(35)30(36)34-22-31(16-17-33)14-8-3-9-15-31)19-27(37-20-23-10-4-1-5-11-23)29(26)38-21-24-12-6-2-7-13-24/h1-2,4-7,10-13,18-19H,3,8-9,14-17,20-22,33H2,(H,34,36). The Kier molecular flexibility index (Phi) is 9.49. The fourth-order valence-corrected chi connectivity index (χ4v) is 5.01. The first-order valence-corrected chi connectivity index (χ1v) is 13.2. The molecule has 3 aromatic rings. The van der Waals surface area contributed by atoms with Gasteiger partial charge >= 0.3 is 0 Å². The van der Waals surface area contributed by atoms with Crippen LogP contribution in [0.25, 0.3) is 0 Å². The van der Waals surface area contributed by atoms with Crippen molar-refractivity contribution in [3.8, 4) is 11.5 Å². The Balaban J connectivity index is 1.52. The van der Waals surface area contributed by atoms with Crippen molar-refractivity contribution in [2.24, 2.45) is 11.1 Å². The number of hydrogen-bond acceptors (Lipinski definition) is 5. The molecule has 7 heteroatoms. The average molecular weight is 519 g/mol. The van der Waals surface area contributed by atoms with E-state index in [4.69, 9.17) is 15.2 Å². The lowest BCUT2D eigenvalue weighted by Gasteiger charge is -2.37. The van der Waals surface area contributed by atoms with E-state index < -0.39 is 17.5 Å². The summed E-state index contributed by atoms with van der Waals surface area (Å²) in [5.41, 5.74) is 7.38. The fraction of sp³-hybridized carbons (Fsp3) is 0.355. The van der Waals surface area contributed by atoms with Gasteiger partial charge < -0.3 is 20.5 Å². The first kappa shape index (κ1) is 27.3. The Morgan fingerprint density at radius 3 is 2.08 bits per heavy atom. The van der Waals surface area contributed by atoms with E-state index in [1.54, 1.807) is 0 Å². The summed E-state index contributed by atoms with van der Waals surface area (Å²) in [6, 6.07) is 21.2. The molecular weight excluding hydrogens is 483 g/mol. The number of nitrogens with two attached hydrogens (primary N) is 1. The van der Waals surface area contributed by atoms with Crippen LogP contribution in [0.1, 0.15) is 60.0 Å². The van der Waals surface area contributed by atoms with Crippen LogP contribution in [0.3, 0.4) is 0 Å². The number of ether oxygens (including phenoxy) is 2. The lowest BCUT2D eigenvalue weighted by molar-refractivity contribution is -0.117. The van der Waals surface area contributed by atoms with E-state index in [2.05, 4.69) is 5.32 Å². The molecule has 0 spiro atoms. The van der Waals surface area contributed by atoms with Gasteiger partial charge in [-0.3, -0.25) is 9.59 Å². The molecular formula is C31H35FN2O4. The van der Waals surface area contributed by atoms with Crippen LogP contribution in [0.4, 0.5) is 4.39 Å². The molecule has 1 saturated carbocycles. The zero-order valence-corrected chi connectivity index (χ0v) is 21.6. The number of hydrogen-bond donors (Lipinski definition) is 2. The quantitative estimate of drug-likeness (QED) is 0.241. The largest absolute Gasteiger partial charge is 0.485 e. The highest BCUT2D eigenvalue weighted by molar-refractivity contribution is 6.42. The van der Waals surface area contributed by atoms with Gasteiger partial charge in [0.2, 0.25) is 5.78 Å². The lowest BCUT2D eigenvalue weighted by Crippen LogP contribution is -2.42. The van der Waals surface area contributed by atoms with Crippen molar-refractivity contribution in [2.75, 3.05) is 13.1 Å². The van der Waals surface area contributed by atoms with Crippen molar-refractivity contribution in [1.29, 1.82) is 0 Å². The summed E-state index contributed by atoms with van der Waals surface area (Å²) in [4.78, 5) is 25.9. The maximum atomic E-state index is 15.3. The molecule has 0 atom stereocenters. The summed E-state index contributed by atoms with van der Waals surface area (Å²) >= 11 is 0. The van der Waals surface area contributed by atoms with Gasteiger partial charge in [-0.2, -0.15) is 0 Å². The highest BCUT2D eigenvalue weighted by atomic mass is 19.1. The molecule has 1 amide bonds. The second kappa shape index (κ2) is 13.2. The molecule has 200 valence electrons. The zero-order chi connectivity index (χ0) is 26.8. The van der Waals surface area contributed by atoms with Crippen LogP contribution in [-0.4, -0.2) is 24.8 Å². The highest BCUT2D eigenvalue weighted by Crippen LogP contribution is 2.38. The van der Waals surface area contributed by atoms with Crippen LogP contribution in [0.2, 0.25) is 0 Å². The SMILES string of the molecule is NCCC1(CNC(=O)C(=O)c2cc(F)c(OCc3ccccc3)c(OCc3ccccc3)c2)CCCCC1. The van der Waals surface area contributed by atoms with Gasteiger partial charge in [0.05, 0.1) is 0 Å². The van der Waals surface area contributed by atoms with E-state index in [9.17, 15) is 9.59 Å². The third kappa shape index (κ3) is 7.19. The maximum Gasteiger partial charge on any atom is 0.292 e. The molecule has 0 radical (unpaired) electrons. The smallest absolute Gasteiger partial charge is 0.292 e. The number of nitrogens with one attached hydrogen (secondary N) is 1. The van der Waals surface area contributed by atoms with Gasteiger partial charge in [0.25, 0.3) is 5.91 Å². The predicted molar refractivity (Wildman–Crippen MR) is 144 cm³/mol. The van der Waals surface area contributed by atoms with E-state index in [-0.39, 0.29) is 35.7 Å². The molecule has 0 unspecified atom stereocenters. The molecule has 0 heterocycles. The van der Waals surface area contributed by atoms with Gasteiger partial charge in [-0.1, -0.05) is 79.9 Å². The Morgan fingerprint density at radius 2 is 1.47 bits per heavy atom. The molecule has 0 bridgehead atoms. The number of amides is 1. The van der Waals surface area contributed by atoms with Crippen LogP contribution in [0, 0.1) is 11.2 Å². The molecule has 1 aliphatic rings. The van der Waals surface area contributed by atoms with Crippen LogP contribution < -0.4 is 20.5 Å². The molecule has 4 rings (SSSR count). The molecule has 0 saturated heterocycles. The number of Topliss-reactive ketones (excluding diaryl/α,β-unsaturated/α-hetero) is 1. The monoisotopic (exact) mass is 518 g/mol. The normalized spacial score (nSPS) is 14.5. The van der Waals surface area contributed by atoms with E-state index in [0.717, 1.165) is 49.3 Å². The van der Waals surface area contributed by atoms with Gasteiger partial charge in [0, 0.05) is 12.1 Å². The first-order valence-electron chi connectivity index (χ1n) is 13.2. The number of benzene rings is 3. The summed E-state index contributed by atoms with van der Waals surface area (Å²) in [7, 11) is 0. The topological polar surface area (TPSA) is 90.7 Å². The predicted octanol–water partition coefficient (Wildman–Crippen LogP) is 5.58. The van der Waals surface area contributed by atoms with E-state index in [0.29, 0.717) is 13.1 Å². The number of carbonyl (C=O) groups is 2. The number of halogens is 1. The molecule has 3 N–H and O–H groups in total. The second-order valence-electron chi connectivity index (χ2n) is 9.95.